The first-order valence-corrected chi connectivity index (χ1v) is 9.19. The Kier molecular flexibility index (Phi) is 5.66. The van der Waals surface area contributed by atoms with Crippen LogP contribution in [-0.4, -0.2) is 40.9 Å². The van der Waals surface area contributed by atoms with Gasteiger partial charge in [-0.1, -0.05) is 48.9 Å². The highest BCUT2D eigenvalue weighted by molar-refractivity contribution is 6.30. The molecular weight excluding hydrogens is 407 g/mol. The summed E-state index contributed by atoms with van der Waals surface area (Å²) in [5.74, 6) is -2.55. The third-order valence-corrected chi connectivity index (χ3v) is 4.63. The van der Waals surface area contributed by atoms with E-state index in [-0.39, 0.29) is 17.9 Å². The molecule has 1 aliphatic rings. The number of alkyl halides is 3. The van der Waals surface area contributed by atoms with E-state index in [1.54, 1.807) is 37.3 Å². The van der Waals surface area contributed by atoms with Crippen LogP contribution < -0.4 is 5.32 Å². The molecule has 1 N–H and O–H groups in total. The first-order chi connectivity index (χ1) is 13.7. The molecule has 2 aromatic rings. The molecule has 0 saturated heterocycles. The van der Waals surface area contributed by atoms with E-state index in [2.05, 4.69) is 4.99 Å². The van der Waals surface area contributed by atoms with Gasteiger partial charge < -0.3 is 5.32 Å². The molecule has 1 aliphatic heterocycles. The van der Waals surface area contributed by atoms with Gasteiger partial charge in [0.05, 0.1) is 0 Å². The number of aliphatic imine (C=N–C) groups is 1. The quantitative estimate of drug-likeness (QED) is 0.789. The zero-order valence-corrected chi connectivity index (χ0v) is 16.1. The molecular formula is C20H17ClF3N3O2. The Balaban J connectivity index is 2.08. The van der Waals surface area contributed by atoms with Crippen molar-refractivity contribution in [3.05, 3.63) is 70.7 Å². The maximum Gasteiger partial charge on any atom is 0.442 e. The van der Waals surface area contributed by atoms with Crippen LogP contribution in [0, 0.1) is 0 Å². The summed E-state index contributed by atoms with van der Waals surface area (Å²) in [4.78, 5) is 30.1. The molecule has 152 valence electrons. The molecule has 1 atom stereocenters. The Morgan fingerprint density at radius 3 is 2.31 bits per heavy atom. The highest BCUT2D eigenvalue weighted by atomic mass is 35.5. The average Bonchev–Trinajstić information content (AvgIpc) is 2.96. The summed E-state index contributed by atoms with van der Waals surface area (Å²) in [5.41, 5.74) is -3.12. The number of hydrogen-bond donors (Lipinski definition) is 1. The Morgan fingerprint density at radius 1 is 1.14 bits per heavy atom. The summed E-state index contributed by atoms with van der Waals surface area (Å²) >= 11 is 5.76. The van der Waals surface area contributed by atoms with Crippen molar-refractivity contribution < 1.29 is 22.8 Å². The Hall–Kier alpha value is -2.87. The summed E-state index contributed by atoms with van der Waals surface area (Å²) in [6.45, 7) is 1.76. The van der Waals surface area contributed by atoms with Crippen molar-refractivity contribution in [2.45, 2.75) is 25.2 Å². The highest BCUT2D eigenvalue weighted by Gasteiger charge is 2.67. The number of nitrogens with one attached hydrogen (secondary N) is 1. The molecule has 0 saturated carbocycles. The van der Waals surface area contributed by atoms with E-state index in [1.165, 1.54) is 24.3 Å². The number of carbonyl (C=O) groups excluding carboxylic acids is 2. The molecule has 2 aromatic carbocycles. The van der Waals surface area contributed by atoms with Crippen LogP contribution in [0.1, 0.15) is 29.3 Å². The summed E-state index contributed by atoms with van der Waals surface area (Å²) in [6, 6.07) is 13.4. The van der Waals surface area contributed by atoms with Gasteiger partial charge in [0.2, 0.25) is 0 Å². The van der Waals surface area contributed by atoms with Gasteiger partial charge in [0.1, 0.15) is 5.84 Å². The Morgan fingerprint density at radius 2 is 1.76 bits per heavy atom. The van der Waals surface area contributed by atoms with Crippen molar-refractivity contribution in [1.82, 2.24) is 10.2 Å². The average molecular weight is 424 g/mol. The van der Waals surface area contributed by atoms with Gasteiger partial charge in [-0.15, -0.1) is 0 Å². The van der Waals surface area contributed by atoms with Crippen LogP contribution in [0.25, 0.3) is 0 Å². The zero-order valence-electron chi connectivity index (χ0n) is 15.3. The van der Waals surface area contributed by atoms with Crippen molar-refractivity contribution in [3.63, 3.8) is 0 Å². The SMILES string of the molecule is CCCN1C(=O)[C@@](NC(=O)c2ccc(Cl)cc2)(C(F)(F)F)N=C1c1ccccc1. The zero-order chi connectivity index (χ0) is 21.2. The topological polar surface area (TPSA) is 61.8 Å². The second-order valence-corrected chi connectivity index (χ2v) is 6.86. The largest absolute Gasteiger partial charge is 0.442 e. The summed E-state index contributed by atoms with van der Waals surface area (Å²) in [5, 5.41) is 2.14. The van der Waals surface area contributed by atoms with Gasteiger partial charge in [-0.25, -0.2) is 4.99 Å². The molecule has 0 aliphatic carbocycles. The van der Waals surface area contributed by atoms with Crippen molar-refractivity contribution in [2.24, 2.45) is 4.99 Å². The van der Waals surface area contributed by atoms with Crippen molar-refractivity contribution >= 4 is 29.3 Å². The lowest BCUT2D eigenvalue weighted by Crippen LogP contribution is -2.63. The van der Waals surface area contributed by atoms with Gasteiger partial charge in [0.25, 0.3) is 11.8 Å². The molecule has 0 fully saturated rings. The minimum Gasteiger partial charge on any atom is -0.312 e. The fourth-order valence-corrected chi connectivity index (χ4v) is 3.10. The first-order valence-electron chi connectivity index (χ1n) is 8.81. The molecule has 0 unspecified atom stereocenters. The number of carbonyl (C=O) groups is 2. The summed E-state index contributed by atoms with van der Waals surface area (Å²) in [6.07, 6.45) is -4.73. The van der Waals surface area contributed by atoms with Crippen LogP contribution in [-0.2, 0) is 4.79 Å². The van der Waals surface area contributed by atoms with E-state index >= 15 is 0 Å². The van der Waals surface area contributed by atoms with Gasteiger partial charge >= 0.3 is 11.8 Å². The van der Waals surface area contributed by atoms with Crippen LogP contribution in [0.3, 0.4) is 0 Å². The van der Waals surface area contributed by atoms with Gasteiger partial charge in [0.15, 0.2) is 0 Å². The lowest BCUT2D eigenvalue weighted by molar-refractivity contribution is -0.196. The number of hydrogen-bond acceptors (Lipinski definition) is 3. The fraction of sp³-hybridized carbons (Fsp3) is 0.250. The normalized spacial score (nSPS) is 19.3. The molecule has 5 nitrogen and oxygen atoms in total. The van der Waals surface area contributed by atoms with E-state index in [9.17, 15) is 22.8 Å². The fourth-order valence-electron chi connectivity index (χ4n) is 2.97. The van der Waals surface area contributed by atoms with E-state index in [0.717, 1.165) is 4.90 Å². The first kappa shape index (κ1) is 20.9. The predicted octanol–water partition coefficient (Wildman–Crippen LogP) is 4.03. The minimum atomic E-state index is -5.14. The number of halogens is 4. The van der Waals surface area contributed by atoms with Gasteiger partial charge in [-0.3, -0.25) is 14.5 Å². The number of amides is 2. The molecule has 2 amide bonds. The Bertz CT molecular complexity index is 946. The molecule has 9 heteroatoms. The van der Waals surface area contributed by atoms with Gasteiger partial charge in [-0.05, 0) is 30.7 Å². The molecule has 1 heterocycles. The molecule has 0 bridgehead atoms. The number of amidine groups is 1. The summed E-state index contributed by atoms with van der Waals surface area (Å²) in [7, 11) is 0. The van der Waals surface area contributed by atoms with Crippen LogP contribution in [0.15, 0.2) is 59.6 Å². The standard InChI is InChI=1S/C20H17ClF3N3O2/c1-2-12-27-16(13-6-4-3-5-7-13)25-19(18(27)29,20(22,23)24)26-17(28)14-8-10-15(21)11-9-14/h3-11H,2,12H2,1H3,(H,26,28)/t19-/m1/s1. The molecule has 29 heavy (non-hydrogen) atoms. The maximum atomic E-state index is 14.1. The van der Waals surface area contributed by atoms with Crippen LogP contribution in [0.5, 0.6) is 0 Å². The van der Waals surface area contributed by atoms with Crippen LogP contribution >= 0.6 is 11.6 Å². The smallest absolute Gasteiger partial charge is 0.312 e. The lowest BCUT2D eigenvalue weighted by atomic mass is 10.1. The third-order valence-electron chi connectivity index (χ3n) is 4.37. The van der Waals surface area contributed by atoms with E-state index in [4.69, 9.17) is 11.6 Å². The second kappa shape index (κ2) is 7.87. The van der Waals surface area contributed by atoms with Crippen LogP contribution in [0.2, 0.25) is 5.02 Å². The maximum absolute atomic E-state index is 14.1. The molecule has 0 spiro atoms. The Labute approximate surface area is 170 Å². The highest BCUT2D eigenvalue weighted by Crippen LogP contribution is 2.38. The van der Waals surface area contributed by atoms with E-state index in [0.29, 0.717) is 17.0 Å². The summed E-state index contributed by atoms with van der Waals surface area (Å²) < 4.78 is 42.4. The number of rotatable bonds is 5. The predicted molar refractivity (Wildman–Crippen MR) is 103 cm³/mol. The number of benzene rings is 2. The monoisotopic (exact) mass is 423 g/mol. The lowest BCUT2D eigenvalue weighted by Gasteiger charge is -2.29. The van der Waals surface area contributed by atoms with Crippen molar-refractivity contribution in [2.75, 3.05) is 6.54 Å². The molecule has 0 radical (unpaired) electrons. The van der Waals surface area contributed by atoms with Gasteiger partial charge in [-0.2, -0.15) is 13.2 Å². The van der Waals surface area contributed by atoms with E-state index < -0.39 is 23.7 Å². The van der Waals surface area contributed by atoms with Crippen molar-refractivity contribution in [1.29, 1.82) is 0 Å². The minimum absolute atomic E-state index is 0.0290. The van der Waals surface area contributed by atoms with Crippen molar-refractivity contribution in [3.8, 4) is 0 Å². The third kappa shape index (κ3) is 3.85. The van der Waals surface area contributed by atoms with E-state index in [1.807, 2.05) is 5.32 Å². The second-order valence-electron chi connectivity index (χ2n) is 6.43. The number of nitrogens with zero attached hydrogens (tertiary/aromatic N) is 2. The molecule has 0 aromatic heterocycles. The molecule has 3 rings (SSSR count). The van der Waals surface area contributed by atoms with Crippen LogP contribution in [0.4, 0.5) is 13.2 Å². The van der Waals surface area contributed by atoms with Gasteiger partial charge in [0, 0.05) is 22.7 Å².